The van der Waals surface area contributed by atoms with Crippen LogP contribution in [-0.2, 0) is 12.8 Å². The van der Waals surface area contributed by atoms with Crippen LogP contribution in [0.2, 0.25) is 0 Å². The molecule has 1 unspecified atom stereocenters. The second kappa shape index (κ2) is 5.81. The van der Waals surface area contributed by atoms with Crippen molar-refractivity contribution >= 4 is 11.8 Å². The van der Waals surface area contributed by atoms with Gasteiger partial charge in [0.1, 0.15) is 5.82 Å². The normalized spacial score (nSPS) is 20.6. The van der Waals surface area contributed by atoms with Gasteiger partial charge < -0.3 is 16.4 Å². The predicted octanol–water partition coefficient (Wildman–Crippen LogP) is 2.14. The molecular weight excluding hydrogens is 286 g/mol. The van der Waals surface area contributed by atoms with Gasteiger partial charge in [0.15, 0.2) is 0 Å². The number of nitrogens with two attached hydrogens (primary N) is 2. The van der Waals surface area contributed by atoms with Crippen LogP contribution in [0.3, 0.4) is 0 Å². The van der Waals surface area contributed by atoms with Crippen molar-refractivity contribution in [3.63, 3.8) is 0 Å². The molecule has 0 amide bonds. The SMILES string of the molecule is Nc1nc2c(c(N3CCCC(N)C3)n1)CCCc1ccccc1-2. The fourth-order valence-electron chi connectivity index (χ4n) is 3.83. The molecule has 0 saturated carbocycles. The van der Waals surface area contributed by atoms with Crippen molar-refractivity contribution in [3.8, 4) is 11.3 Å². The molecule has 1 aromatic heterocycles. The van der Waals surface area contributed by atoms with Crippen molar-refractivity contribution in [1.82, 2.24) is 9.97 Å². The number of hydrogen-bond acceptors (Lipinski definition) is 5. The van der Waals surface area contributed by atoms with Gasteiger partial charge in [0.25, 0.3) is 0 Å². The molecule has 23 heavy (non-hydrogen) atoms. The van der Waals surface area contributed by atoms with Crippen LogP contribution in [0, 0.1) is 0 Å². The number of anilines is 2. The van der Waals surface area contributed by atoms with E-state index >= 15 is 0 Å². The Morgan fingerprint density at radius 1 is 1.09 bits per heavy atom. The molecule has 5 heteroatoms. The standard InChI is InChI=1S/C18H23N5/c19-13-7-4-10-23(11-13)17-15-9-3-6-12-5-1-2-8-14(12)16(15)21-18(20)22-17/h1-2,5,8,13H,3-4,6-7,9-11,19H2,(H2,20,21,22). The summed E-state index contributed by atoms with van der Waals surface area (Å²) in [6.45, 7) is 1.85. The molecule has 4 rings (SSSR count). The first-order valence-corrected chi connectivity index (χ1v) is 8.47. The second-order valence-electron chi connectivity index (χ2n) is 6.59. The third-order valence-electron chi connectivity index (χ3n) is 4.91. The number of nitrogens with zero attached hydrogens (tertiary/aromatic N) is 3. The molecule has 0 spiro atoms. The molecule has 5 nitrogen and oxygen atoms in total. The minimum absolute atomic E-state index is 0.216. The van der Waals surface area contributed by atoms with Gasteiger partial charge in [-0.25, -0.2) is 4.98 Å². The molecule has 0 bridgehead atoms. The van der Waals surface area contributed by atoms with Crippen molar-refractivity contribution in [3.05, 3.63) is 35.4 Å². The first kappa shape index (κ1) is 14.5. The number of fused-ring (bicyclic) bond motifs is 3. The number of aromatic nitrogens is 2. The summed E-state index contributed by atoms with van der Waals surface area (Å²) in [4.78, 5) is 11.5. The fourth-order valence-corrected chi connectivity index (χ4v) is 3.83. The minimum Gasteiger partial charge on any atom is -0.368 e. The number of benzene rings is 1. The molecule has 1 aliphatic carbocycles. The molecule has 1 atom stereocenters. The van der Waals surface area contributed by atoms with Gasteiger partial charge in [0.05, 0.1) is 5.69 Å². The fraction of sp³-hybridized carbons (Fsp3) is 0.444. The largest absolute Gasteiger partial charge is 0.368 e. The van der Waals surface area contributed by atoms with Crippen LogP contribution in [0.5, 0.6) is 0 Å². The Morgan fingerprint density at radius 2 is 1.96 bits per heavy atom. The van der Waals surface area contributed by atoms with Gasteiger partial charge in [0.2, 0.25) is 5.95 Å². The van der Waals surface area contributed by atoms with Crippen LogP contribution in [0.4, 0.5) is 11.8 Å². The maximum Gasteiger partial charge on any atom is 0.222 e. The summed E-state index contributed by atoms with van der Waals surface area (Å²) in [5.74, 6) is 1.36. The molecule has 4 N–H and O–H groups in total. The van der Waals surface area contributed by atoms with Crippen LogP contribution in [0.25, 0.3) is 11.3 Å². The quantitative estimate of drug-likeness (QED) is 0.843. The van der Waals surface area contributed by atoms with Crippen LogP contribution in [-0.4, -0.2) is 29.1 Å². The van der Waals surface area contributed by atoms with E-state index in [2.05, 4.69) is 39.1 Å². The van der Waals surface area contributed by atoms with Crippen LogP contribution >= 0.6 is 0 Å². The van der Waals surface area contributed by atoms with E-state index in [0.717, 1.165) is 56.7 Å². The Balaban J connectivity index is 1.86. The molecule has 2 aliphatic rings. The van der Waals surface area contributed by atoms with Crippen LogP contribution < -0.4 is 16.4 Å². The Kier molecular flexibility index (Phi) is 3.65. The number of rotatable bonds is 1. The highest BCUT2D eigenvalue weighted by molar-refractivity contribution is 5.74. The molecular formula is C18H23N5. The lowest BCUT2D eigenvalue weighted by atomic mass is 10.0. The molecule has 2 aromatic rings. The van der Waals surface area contributed by atoms with Gasteiger partial charge in [-0.15, -0.1) is 0 Å². The average molecular weight is 309 g/mol. The molecule has 1 aliphatic heterocycles. The topological polar surface area (TPSA) is 81.1 Å². The van der Waals surface area contributed by atoms with Crippen molar-refractivity contribution in [1.29, 1.82) is 0 Å². The Morgan fingerprint density at radius 3 is 2.83 bits per heavy atom. The van der Waals surface area contributed by atoms with E-state index in [1.165, 1.54) is 16.7 Å². The zero-order valence-electron chi connectivity index (χ0n) is 13.3. The van der Waals surface area contributed by atoms with E-state index in [1.54, 1.807) is 0 Å². The smallest absolute Gasteiger partial charge is 0.222 e. The lowest BCUT2D eigenvalue weighted by molar-refractivity contribution is 0.502. The van der Waals surface area contributed by atoms with Gasteiger partial charge in [-0.3, -0.25) is 0 Å². The Hall–Kier alpha value is -2.14. The lowest BCUT2D eigenvalue weighted by Crippen LogP contribution is -2.43. The van der Waals surface area contributed by atoms with Gasteiger partial charge in [-0.05, 0) is 37.7 Å². The van der Waals surface area contributed by atoms with E-state index in [-0.39, 0.29) is 6.04 Å². The van der Waals surface area contributed by atoms with Gasteiger partial charge in [-0.2, -0.15) is 4.98 Å². The minimum atomic E-state index is 0.216. The van der Waals surface area contributed by atoms with Gasteiger partial charge >= 0.3 is 0 Å². The van der Waals surface area contributed by atoms with E-state index in [4.69, 9.17) is 11.5 Å². The summed E-state index contributed by atoms with van der Waals surface area (Å²) in [6, 6.07) is 8.73. The summed E-state index contributed by atoms with van der Waals surface area (Å²) >= 11 is 0. The van der Waals surface area contributed by atoms with Gasteiger partial charge in [0, 0.05) is 30.3 Å². The zero-order chi connectivity index (χ0) is 15.8. The number of piperidine rings is 1. The number of nitrogen functional groups attached to an aromatic ring is 1. The highest BCUT2D eigenvalue weighted by Crippen LogP contribution is 2.36. The molecule has 120 valence electrons. The maximum absolute atomic E-state index is 6.17. The summed E-state index contributed by atoms with van der Waals surface area (Å²) in [7, 11) is 0. The predicted molar refractivity (Wildman–Crippen MR) is 93.3 cm³/mol. The first-order valence-electron chi connectivity index (χ1n) is 8.47. The Labute approximate surface area is 136 Å². The van der Waals surface area contributed by atoms with E-state index in [9.17, 15) is 0 Å². The summed E-state index contributed by atoms with van der Waals surface area (Å²) < 4.78 is 0. The first-order chi connectivity index (χ1) is 11.2. The number of aryl methyl sites for hydroxylation is 1. The second-order valence-corrected chi connectivity index (χ2v) is 6.59. The van der Waals surface area contributed by atoms with Gasteiger partial charge in [-0.1, -0.05) is 24.3 Å². The summed E-state index contributed by atoms with van der Waals surface area (Å²) in [5, 5.41) is 0. The van der Waals surface area contributed by atoms with Crippen molar-refractivity contribution < 1.29 is 0 Å². The third-order valence-corrected chi connectivity index (χ3v) is 4.91. The van der Waals surface area contributed by atoms with E-state index < -0.39 is 0 Å². The molecule has 1 fully saturated rings. The third kappa shape index (κ3) is 2.65. The molecule has 1 saturated heterocycles. The van der Waals surface area contributed by atoms with Crippen molar-refractivity contribution in [2.75, 3.05) is 23.7 Å². The average Bonchev–Trinajstić information content (AvgIpc) is 2.74. The van der Waals surface area contributed by atoms with E-state index in [0.29, 0.717) is 5.95 Å². The van der Waals surface area contributed by atoms with Crippen molar-refractivity contribution in [2.24, 2.45) is 5.73 Å². The summed E-state index contributed by atoms with van der Waals surface area (Å²) in [6.07, 6.45) is 5.37. The molecule has 0 radical (unpaired) electrons. The monoisotopic (exact) mass is 309 g/mol. The molecule has 1 aromatic carbocycles. The highest BCUT2D eigenvalue weighted by atomic mass is 15.2. The molecule has 2 heterocycles. The Bertz CT molecular complexity index is 727. The van der Waals surface area contributed by atoms with E-state index in [1.807, 2.05) is 0 Å². The summed E-state index contributed by atoms with van der Waals surface area (Å²) in [5.41, 5.74) is 17.0. The van der Waals surface area contributed by atoms with Crippen molar-refractivity contribution in [2.45, 2.75) is 38.1 Å². The highest BCUT2D eigenvalue weighted by Gasteiger charge is 2.25. The lowest BCUT2D eigenvalue weighted by Gasteiger charge is -2.33. The maximum atomic E-state index is 6.17. The van der Waals surface area contributed by atoms with Crippen LogP contribution in [0.1, 0.15) is 30.4 Å². The van der Waals surface area contributed by atoms with Crippen LogP contribution in [0.15, 0.2) is 24.3 Å². The zero-order valence-corrected chi connectivity index (χ0v) is 13.3. The number of hydrogen-bond donors (Lipinski definition) is 2.